The number of H-pyrrole nitrogens is 1. The number of likely N-dealkylation sites (tertiary alicyclic amines) is 1. The van der Waals surface area contributed by atoms with Crippen molar-refractivity contribution in [1.82, 2.24) is 9.88 Å². The lowest BCUT2D eigenvalue weighted by Crippen LogP contribution is -2.44. The van der Waals surface area contributed by atoms with E-state index in [1.165, 1.54) is 5.56 Å². The Bertz CT molecular complexity index is 1280. The van der Waals surface area contributed by atoms with Crippen molar-refractivity contribution in [2.45, 2.75) is 31.4 Å². The lowest BCUT2D eigenvalue weighted by Gasteiger charge is -2.40. The molecule has 0 aliphatic carbocycles. The summed E-state index contributed by atoms with van der Waals surface area (Å²) in [6, 6.07) is 25.5. The third-order valence-electron chi connectivity index (χ3n) is 7.29. The zero-order chi connectivity index (χ0) is 24.2. The van der Waals surface area contributed by atoms with Gasteiger partial charge in [0, 0.05) is 28.2 Å². The Labute approximate surface area is 206 Å². The first-order valence-electron chi connectivity index (χ1n) is 12.3. The molecule has 0 bridgehead atoms. The predicted molar refractivity (Wildman–Crippen MR) is 139 cm³/mol. The number of rotatable bonds is 8. The number of hydrogen-bond acceptors (Lipinski definition) is 4. The molecule has 1 fully saturated rings. The summed E-state index contributed by atoms with van der Waals surface area (Å²) in [7, 11) is 1.63. The number of aromatic nitrogens is 1. The Morgan fingerprint density at radius 2 is 1.69 bits per heavy atom. The Morgan fingerprint density at radius 3 is 2.46 bits per heavy atom. The number of ketones is 1. The van der Waals surface area contributed by atoms with Crippen LogP contribution in [0.5, 0.6) is 5.75 Å². The lowest BCUT2D eigenvalue weighted by atomic mass is 9.87. The molecule has 5 rings (SSSR count). The largest absolute Gasteiger partial charge is 0.496 e. The van der Waals surface area contributed by atoms with E-state index in [1.54, 1.807) is 13.3 Å². The minimum atomic E-state index is -1.21. The second-order valence-corrected chi connectivity index (χ2v) is 9.41. The minimum absolute atomic E-state index is 0.273. The molecule has 2 N–H and O–H groups in total. The highest BCUT2D eigenvalue weighted by atomic mass is 16.5. The fraction of sp³-hybridized carbons (Fsp3) is 0.300. The fourth-order valence-corrected chi connectivity index (χ4v) is 5.44. The minimum Gasteiger partial charge on any atom is -0.496 e. The van der Waals surface area contributed by atoms with Gasteiger partial charge in [0.2, 0.25) is 0 Å². The van der Waals surface area contributed by atoms with Crippen LogP contribution in [0.4, 0.5) is 0 Å². The van der Waals surface area contributed by atoms with Crippen LogP contribution < -0.4 is 4.74 Å². The van der Waals surface area contributed by atoms with Crippen LogP contribution in [0.1, 0.15) is 40.4 Å². The van der Waals surface area contributed by atoms with Crippen molar-refractivity contribution < 1.29 is 14.6 Å². The van der Waals surface area contributed by atoms with Crippen LogP contribution in [0.3, 0.4) is 0 Å². The van der Waals surface area contributed by atoms with Crippen LogP contribution in [-0.4, -0.2) is 47.1 Å². The Hall–Kier alpha value is -3.41. The molecule has 1 aliphatic rings. The molecule has 1 saturated heterocycles. The third-order valence-corrected chi connectivity index (χ3v) is 7.29. The van der Waals surface area contributed by atoms with E-state index >= 15 is 0 Å². The van der Waals surface area contributed by atoms with Crippen LogP contribution >= 0.6 is 0 Å². The maximum atomic E-state index is 13.6. The molecule has 2 heterocycles. The number of Topliss-reactive ketones (excluding diaryl/α,β-unsaturated/α-hetero) is 1. The van der Waals surface area contributed by atoms with Gasteiger partial charge in [-0.2, -0.15) is 0 Å². The molecule has 1 aliphatic heterocycles. The van der Waals surface area contributed by atoms with Crippen molar-refractivity contribution in [1.29, 1.82) is 0 Å². The Balaban J connectivity index is 1.41. The number of hydrogen-bond donors (Lipinski definition) is 2. The number of para-hydroxylation sites is 2. The van der Waals surface area contributed by atoms with Gasteiger partial charge in [-0.1, -0.05) is 66.7 Å². The van der Waals surface area contributed by atoms with Crippen LogP contribution in [-0.2, 0) is 6.42 Å². The Morgan fingerprint density at radius 1 is 1.00 bits per heavy atom. The molecule has 0 amide bonds. The number of carbonyl (C=O) groups is 1. The van der Waals surface area contributed by atoms with Gasteiger partial charge >= 0.3 is 0 Å². The number of benzene rings is 3. The summed E-state index contributed by atoms with van der Waals surface area (Å²) in [5.41, 5.74) is 3.62. The summed E-state index contributed by atoms with van der Waals surface area (Å²) >= 11 is 0. The highest BCUT2D eigenvalue weighted by molar-refractivity contribution is 6.10. The average Bonchev–Trinajstić information content (AvgIpc) is 3.34. The van der Waals surface area contributed by atoms with E-state index in [9.17, 15) is 9.90 Å². The molecule has 5 nitrogen and oxygen atoms in total. The van der Waals surface area contributed by atoms with Crippen molar-refractivity contribution in [3.05, 3.63) is 102 Å². The number of methoxy groups -OCH3 is 1. The zero-order valence-electron chi connectivity index (χ0n) is 20.1. The van der Waals surface area contributed by atoms with E-state index in [-0.39, 0.29) is 5.78 Å². The van der Waals surface area contributed by atoms with Gasteiger partial charge in [0.05, 0.1) is 13.2 Å². The predicted octanol–water partition coefficient (Wildman–Crippen LogP) is 5.42. The number of ether oxygens (including phenoxy) is 1. The average molecular weight is 469 g/mol. The van der Waals surface area contributed by atoms with Gasteiger partial charge in [0.25, 0.3) is 0 Å². The van der Waals surface area contributed by atoms with Crippen molar-refractivity contribution in [3.8, 4) is 5.75 Å². The first kappa shape index (κ1) is 23.3. The quantitative estimate of drug-likeness (QED) is 0.339. The van der Waals surface area contributed by atoms with Crippen LogP contribution in [0, 0.1) is 5.92 Å². The van der Waals surface area contributed by atoms with E-state index in [0.717, 1.165) is 48.8 Å². The summed E-state index contributed by atoms with van der Waals surface area (Å²) in [5.74, 6) is 1.01. The number of aliphatic hydroxyl groups excluding tert-OH is 1. The Kier molecular flexibility index (Phi) is 6.98. The van der Waals surface area contributed by atoms with Gasteiger partial charge in [-0.3, -0.25) is 9.69 Å². The molecule has 0 radical (unpaired) electrons. The van der Waals surface area contributed by atoms with Gasteiger partial charge in [0.15, 0.2) is 5.78 Å². The molecule has 5 heteroatoms. The van der Waals surface area contributed by atoms with Crippen LogP contribution in [0.15, 0.2) is 85.1 Å². The normalized spacial score (nSPS) is 16.7. The second-order valence-electron chi connectivity index (χ2n) is 9.41. The van der Waals surface area contributed by atoms with Crippen molar-refractivity contribution in [3.63, 3.8) is 0 Å². The maximum absolute atomic E-state index is 13.6. The standard InChI is InChI=1S/C30H32N2O3/c1-35-27-14-8-6-12-24(27)28(30(34)29(33)25-20-31-26-13-7-5-11-23(25)26)32-17-15-22(16-18-32)19-21-9-3-2-4-10-21/h2-14,20,22,28,30-31,34H,15-19H2,1H3. The van der Waals surface area contributed by atoms with Gasteiger partial charge in [0.1, 0.15) is 11.9 Å². The number of nitrogens with one attached hydrogen (secondary N) is 1. The van der Waals surface area contributed by atoms with E-state index in [2.05, 4.69) is 40.2 Å². The number of aliphatic hydroxyl groups is 1. The monoisotopic (exact) mass is 468 g/mol. The van der Waals surface area contributed by atoms with E-state index in [4.69, 9.17) is 4.74 Å². The van der Waals surface area contributed by atoms with E-state index in [1.807, 2.05) is 48.5 Å². The lowest BCUT2D eigenvalue weighted by molar-refractivity contribution is 0.0258. The molecule has 2 atom stereocenters. The van der Waals surface area contributed by atoms with Gasteiger partial charge in [-0.05, 0) is 56.0 Å². The highest BCUT2D eigenvalue weighted by Gasteiger charge is 2.37. The summed E-state index contributed by atoms with van der Waals surface area (Å²) in [4.78, 5) is 19.1. The number of piperidine rings is 1. The van der Waals surface area contributed by atoms with Gasteiger partial charge in [-0.25, -0.2) is 0 Å². The number of carbonyl (C=O) groups excluding carboxylic acids is 1. The first-order valence-corrected chi connectivity index (χ1v) is 12.3. The second kappa shape index (κ2) is 10.5. The number of nitrogens with zero attached hydrogens (tertiary/aromatic N) is 1. The third kappa shape index (κ3) is 4.88. The smallest absolute Gasteiger partial charge is 0.195 e. The van der Waals surface area contributed by atoms with Gasteiger partial charge in [-0.15, -0.1) is 0 Å². The van der Waals surface area contributed by atoms with E-state index in [0.29, 0.717) is 17.2 Å². The fourth-order valence-electron chi connectivity index (χ4n) is 5.44. The zero-order valence-corrected chi connectivity index (χ0v) is 20.1. The van der Waals surface area contributed by atoms with Crippen molar-refractivity contribution in [2.24, 2.45) is 5.92 Å². The topological polar surface area (TPSA) is 65.6 Å². The molecular formula is C30H32N2O3. The number of aromatic amines is 1. The number of fused-ring (bicyclic) bond motifs is 1. The molecule has 4 aromatic rings. The molecule has 35 heavy (non-hydrogen) atoms. The highest BCUT2D eigenvalue weighted by Crippen LogP contribution is 2.36. The molecule has 1 aromatic heterocycles. The SMILES string of the molecule is COc1ccccc1C(C(O)C(=O)c1c[nH]c2ccccc12)N1CCC(Cc2ccccc2)CC1. The first-order chi connectivity index (χ1) is 17.2. The summed E-state index contributed by atoms with van der Waals surface area (Å²) in [5, 5.41) is 12.4. The van der Waals surface area contributed by atoms with Crippen molar-refractivity contribution in [2.75, 3.05) is 20.2 Å². The van der Waals surface area contributed by atoms with Crippen molar-refractivity contribution >= 4 is 16.7 Å². The summed E-state index contributed by atoms with van der Waals surface area (Å²) in [6.07, 6.45) is 3.60. The molecule has 180 valence electrons. The molecule has 2 unspecified atom stereocenters. The maximum Gasteiger partial charge on any atom is 0.195 e. The van der Waals surface area contributed by atoms with Crippen LogP contribution in [0.25, 0.3) is 10.9 Å². The van der Waals surface area contributed by atoms with Gasteiger partial charge < -0.3 is 14.8 Å². The summed E-state index contributed by atoms with van der Waals surface area (Å²) < 4.78 is 5.65. The molecule has 0 spiro atoms. The van der Waals surface area contributed by atoms with Crippen LogP contribution in [0.2, 0.25) is 0 Å². The molecule has 0 saturated carbocycles. The molecular weight excluding hydrogens is 436 g/mol. The molecule has 3 aromatic carbocycles. The summed E-state index contributed by atoms with van der Waals surface area (Å²) in [6.45, 7) is 1.64. The van der Waals surface area contributed by atoms with E-state index < -0.39 is 12.1 Å².